The Balaban J connectivity index is -0.000000439. The summed E-state index contributed by atoms with van der Waals surface area (Å²) in [5.41, 5.74) is 2.50. The molecule has 0 saturated heterocycles. The van der Waals surface area contributed by atoms with Gasteiger partial charge in [0.25, 0.3) is 0 Å². The molecule has 0 spiro atoms. The van der Waals surface area contributed by atoms with E-state index in [1.165, 1.54) is 11.1 Å². The average molecular weight is 234 g/mol. The van der Waals surface area contributed by atoms with Crippen LogP contribution >= 0.6 is 0 Å². The van der Waals surface area contributed by atoms with Gasteiger partial charge in [0.2, 0.25) is 0 Å². The van der Waals surface area contributed by atoms with Gasteiger partial charge in [-0.25, -0.2) is 0 Å². The number of rotatable bonds is 5. The van der Waals surface area contributed by atoms with Gasteiger partial charge in [0.15, 0.2) is 0 Å². The summed E-state index contributed by atoms with van der Waals surface area (Å²) >= 11 is 0. The van der Waals surface area contributed by atoms with Crippen LogP contribution in [0, 0.1) is 0 Å². The van der Waals surface area contributed by atoms with Crippen LogP contribution in [0.15, 0.2) is 60.8 Å². The predicted molar refractivity (Wildman–Crippen MR) is 84.4 cm³/mol. The van der Waals surface area contributed by atoms with E-state index in [2.05, 4.69) is 25.3 Å². The molecule has 0 aliphatic heterocycles. The van der Waals surface area contributed by atoms with Gasteiger partial charge in [-0.1, -0.05) is 77.3 Å². The first-order valence-electron chi connectivity index (χ1n) is 6.50. The summed E-state index contributed by atoms with van der Waals surface area (Å²) in [6, 6.07) is 0. The summed E-state index contributed by atoms with van der Waals surface area (Å²) < 4.78 is 0. The summed E-state index contributed by atoms with van der Waals surface area (Å²) in [6.45, 7) is 19.5. The van der Waals surface area contributed by atoms with E-state index < -0.39 is 0 Å². The second-order valence-electron chi connectivity index (χ2n) is 2.72. The lowest BCUT2D eigenvalue weighted by molar-refractivity contribution is 1.20. The van der Waals surface area contributed by atoms with Gasteiger partial charge in [-0.2, -0.15) is 0 Å². The van der Waals surface area contributed by atoms with E-state index >= 15 is 0 Å². The van der Waals surface area contributed by atoms with Crippen LogP contribution in [-0.2, 0) is 0 Å². The molecule has 0 atom stereocenters. The molecule has 0 aliphatic rings. The van der Waals surface area contributed by atoms with Gasteiger partial charge in [-0.3, -0.25) is 0 Å². The zero-order valence-electron chi connectivity index (χ0n) is 12.6. The monoisotopic (exact) mass is 234 g/mol. The Morgan fingerprint density at radius 1 is 0.941 bits per heavy atom. The predicted octanol–water partition coefficient (Wildman–Crippen LogP) is 6.25. The van der Waals surface area contributed by atoms with Crippen molar-refractivity contribution in [1.82, 2.24) is 0 Å². The second kappa shape index (κ2) is 20.2. The third-order valence-corrected chi connectivity index (χ3v) is 1.75. The van der Waals surface area contributed by atoms with Crippen molar-refractivity contribution in [2.24, 2.45) is 0 Å². The normalized spacial score (nSPS) is 10.9. The maximum Gasteiger partial charge on any atom is -0.00294 e. The van der Waals surface area contributed by atoms with Crippen molar-refractivity contribution in [3.8, 4) is 0 Å². The zero-order valence-corrected chi connectivity index (χ0v) is 12.6. The number of allylic oxidation sites excluding steroid dienone is 8. The smallest absolute Gasteiger partial charge is 0.00294 e. The zero-order chi connectivity index (χ0) is 14.1. The molecule has 0 aromatic carbocycles. The van der Waals surface area contributed by atoms with Crippen molar-refractivity contribution in [1.29, 1.82) is 0 Å². The lowest BCUT2D eigenvalue weighted by Gasteiger charge is -2.01. The van der Waals surface area contributed by atoms with Crippen molar-refractivity contribution in [3.63, 3.8) is 0 Å². The Labute approximate surface area is 109 Å². The Morgan fingerprint density at radius 2 is 1.47 bits per heavy atom. The van der Waals surface area contributed by atoms with E-state index in [9.17, 15) is 0 Å². The molecule has 0 fully saturated rings. The molecule has 0 heterocycles. The van der Waals surface area contributed by atoms with Crippen LogP contribution in [0.5, 0.6) is 0 Å². The maximum atomic E-state index is 3.76. The van der Waals surface area contributed by atoms with E-state index in [0.717, 1.165) is 6.42 Å². The molecular formula is C17H30. The topological polar surface area (TPSA) is 0 Å². The van der Waals surface area contributed by atoms with Crippen molar-refractivity contribution < 1.29 is 0 Å². The minimum Gasteiger partial charge on any atom is -0.0991 e. The van der Waals surface area contributed by atoms with Crippen LogP contribution in [0.3, 0.4) is 0 Å². The highest BCUT2D eigenvalue weighted by Gasteiger charge is 1.93. The molecule has 17 heavy (non-hydrogen) atoms. The Bertz CT molecular complexity index is 249. The molecule has 0 saturated carbocycles. The minimum atomic E-state index is 0.927. The van der Waals surface area contributed by atoms with Crippen LogP contribution < -0.4 is 0 Å². The Hall–Kier alpha value is -1.30. The third-order valence-electron chi connectivity index (χ3n) is 1.75. The first kappa shape index (κ1) is 21.0. The van der Waals surface area contributed by atoms with Crippen molar-refractivity contribution in [2.75, 3.05) is 0 Å². The molecule has 0 nitrogen and oxygen atoms in total. The van der Waals surface area contributed by atoms with Gasteiger partial charge < -0.3 is 0 Å². The van der Waals surface area contributed by atoms with Crippen LogP contribution in [0.4, 0.5) is 0 Å². The lowest BCUT2D eigenvalue weighted by Crippen LogP contribution is -1.81. The summed E-state index contributed by atoms with van der Waals surface area (Å²) in [5, 5.41) is 0. The largest absolute Gasteiger partial charge is 0.0991 e. The minimum absolute atomic E-state index is 0.927. The fraction of sp³-hybridized carbons (Fsp3) is 0.412. The van der Waals surface area contributed by atoms with E-state index in [4.69, 9.17) is 0 Å². The van der Waals surface area contributed by atoms with E-state index in [-0.39, 0.29) is 0 Å². The molecule has 0 heteroatoms. The molecule has 0 aliphatic carbocycles. The molecule has 0 amide bonds. The van der Waals surface area contributed by atoms with Crippen LogP contribution in [0.25, 0.3) is 0 Å². The fourth-order valence-corrected chi connectivity index (χ4v) is 1.06. The summed E-state index contributed by atoms with van der Waals surface area (Å²) in [4.78, 5) is 0. The molecule has 0 unspecified atom stereocenters. The average Bonchev–Trinajstić information content (AvgIpc) is 2.42. The molecule has 0 radical (unpaired) electrons. The van der Waals surface area contributed by atoms with E-state index in [0.29, 0.717) is 0 Å². The van der Waals surface area contributed by atoms with Crippen LogP contribution in [0.2, 0.25) is 0 Å². The number of hydrogen-bond donors (Lipinski definition) is 0. The molecule has 0 aromatic rings. The van der Waals surface area contributed by atoms with Gasteiger partial charge in [-0.15, -0.1) is 0 Å². The summed E-state index contributed by atoms with van der Waals surface area (Å²) in [7, 11) is 0. The van der Waals surface area contributed by atoms with Gasteiger partial charge in [0.05, 0.1) is 0 Å². The Morgan fingerprint density at radius 3 is 1.76 bits per heavy atom. The van der Waals surface area contributed by atoms with Gasteiger partial charge >= 0.3 is 0 Å². The quantitative estimate of drug-likeness (QED) is 0.493. The second-order valence-corrected chi connectivity index (χ2v) is 2.72. The SMILES string of the molecule is C=C/C=C(\C=C)CC(/C=C\C)=C/C.CC.CC. The van der Waals surface area contributed by atoms with Crippen molar-refractivity contribution in [3.05, 3.63) is 60.8 Å². The molecule has 0 bridgehead atoms. The first-order chi connectivity index (χ1) is 8.28. The fourth-order valence-electron chi connectivity index (χ4n) is 1.06. The van der Waals surface area contributed by atoms with Crippen LogP contribution in [0.1, 0.15) is 48.0 Å². The summed E-state index contributed by atoms with van der Waals surface area (Å²) in [6.07, 6.45) is 12.8. The molecular weight excluding hydrogens is 204 g/mol. The van der Waals surface area contributed by atoms with Gasteiger partial charge in [0, 0.05) is 0 Å². The standard InChI is InChI=1S/C13H18.2C2H6/c1-5-9-12(7-3)11-13(8-4)10-6-2;2*1-2/h5-10H,1,3,11H2,2,4H3;2*1-2H3/b10-6-,12-9+,13-8+;;. The highest BCUT2D eigenvalue weighted by Crippen LogP contribution is 2.13. The van der Waals surface area contributed by atoms with Gasteiger partial charge in [-0.05, 0) is 31.4 Å². The van der Waals surface area contributed by atoms with E-state index in [1.54, 1.807) is 6.08 Å². The maximum absolute atomic E-state index is 3.76. The Kier molecular flexibility index (Phi) is 24.9. The van der Waals surface area contributed by atoms with Gasteiger partial charge in [0.1, 0.15) is 0 Å². The molecule has 0 aromatic heterocycles. The molecule has 0 rings (SSSR count). The lowest BCUT2D eigenvalue weighted by atomic mass is 10.0. The van der Waals surface area contributed by atoms with Crippen molar-refractivity contribution >= 4 is 0 Å². The highest BCUT2D eigenvalue weighted by atomic mass is 14.0. The van der Waals surface area contributed by atoms with Crippen molar-refractivity contribution in [2.45, 2.75) is 48.0 Å². The number of hydrogen-bond acceptors (Lipinski definition) is 0. The van der Waals surface area contributed by atoms with Crippen LogP contribution in [-0.4, -0.2) is 0 Å². The molecule has 0 N–H and O–H groups in total. The first-order valence-corrected chi connectivity index (χ1v) is 6.50. The molecule has 98 valence electrons. The highest BCUT2D eigenvalue weighted by molar-refractivity contribution is 5.31. The third kappa shape index (κ3) is 14.7. The van der Waals surface area contributed by atoms with E-state index in [1.807, 2.05) is 59.8 Å². The summed E-state index contributed by atoms with van der Waals surface area (Å²) in [5.74, 6) is 0.